The molecule has 0 aliphatic carbocycles. The number of hydrogen-bond donors (Lipinski definition) is 6. The number of alkyl halides is 1. The molecule has 0 aromatic heterocycles. The number of carbonyl (C=O) groups is 2. The summed E-state index contributed by atoms with van der Waals surface area (Å²) >= 11 is 5.45. The molecule has 4 rings (SSSR count). The van der Waals surface area contributed by atoms with Gasteiger partial charge in [0.25, 0.3) is 26.1 Å². The second kappa shape index (κ2) is 14.4. The van der Waals surface area contributed by atoms with Crippen molar-refractivity contribution in [1.29, 1.82) is 0 Å². The fourth-order valence-electron chi connectivity index (χ4n) is 4.00. The number of nitrogens with two attached hydrogens (primary N) is 1. The lowest BCUT2D eigenvalue weighted by Crippen LogP contribution is -2.13. The molecule has 4 aromatic rings. The van der Waals surface area contributed by atoms with Crippen molar-refractivity contribution in [3.8, 4) is 5.75 Å². The molecule has 0 fully saturated rings. The number of amides is 2. The number of halogens is 1. The topological polar surface area (TPSA) is 247 Å². The molecule has 14 nitrogen and oxygen atoms in total. The quantitative estimate of drug-likeness (QED) is 0.0826. The number of aromatic hydroxyl groups is 1. The van der Waals surface area contributed by atoms with Gasteiger partial charge in [-0.15, -0.1) is 11.6 Å². The van der Waals surface area contributed by atoms with Gasteiger partial charge in [0.1, 0.15) is 10.6 Å². The van der Waals surface area contributed by atoms with E-state index in [1.54, 1.807) is 6.07 Å². The van der Waals surface area contributed by atoms with Crippen LogP contribution in [0.25, 0.3) is 10.8 Å². The van der Waals surface area contributed by atoms with Crippen molar-refractivity contribution < 1.29 is 49.1 Å². The molecule has 0 radical (unpaired) electrons. The lowest BCUT2D eigenvalue weighted by Gasteiger charge is -2.09. The zero-order chi connectivity index (χ0) is 34.4. The summed E-state index contributed by atoms with van der Waals surface area (Å²) in [4.78, 5) is 22.3. The first-order chi connectivity index (χ1) is 21.3. The predicted octanol–water partition coefficient (Wildman–Crippen LogP) is 3.67. The number of benzene rings is 4. The third-order valence-corrected chi connectivity index (χ3v) is 9.83. The summed E-state index contributed by atoms with van der Waals surface area (Å²) in [6.07, 6.45) is 0. The smallest absolute Gasteiger partial charge is 0.296 e. The first kappa shape index (κ1) is 36.2. The van der Waals surface area contributed by atoms with Gasteiger partial charge >= 0.3 is 0 Å². The van der Waals surface area contributed by atoms with Gasteiger partial charge in [-0.3, -0.25) is 18.7 Å². The number of phenols is 1. The lowest BCUT2D eigenvalue weighted by molar-refractivity contribution is -0.114. The summed E-state index contributed by atoms with van der Waals surface area (Å²) < 4.78 is 85.8. The SMILES string of the molecule is CC(=O)Nc1ccc2cc(S(=O)(=O)O)cc(O)c2c1.Nc1cc(NC(=O)c2ccc(CS(=O)(=O)CCCl)cc2)ccc1S(=O)(=O)O. The Morgan fingerprint density at radius 3 is 1.96 bits per heavy atom. The number of carbonyl (C=O) groups excluding carboxylic acids is 2. The number of nitrogens with one attached hydrogen (secondary N) is 2. The molecular weight excluding hydrogens is 686 g/mol. The van der Waals surface area contributed by atoms with Crippen molar-refractivity contribution in [2.24, 2.45) is 0 Å². The minimum atomic E-state index is -4.45. The van der Waals surface area contributed by atoms with Crippen LogP contribution in [-0.2, 0) is 40.6 Å². The number of anilines is 3. The second-order valence-corrected chi connectivity index (χ2v) is 15.1. The Labute approximate surface area is 269 Å². The molecule has 46 heavy (non-hydrogen) atoms. The highest BCUT2D eigenvalue weighted by Gasteiger charge is 2.16. The number of rotatable bonds is 9. The molecule has 0 aliphatic rings. The highest BCUT2D eigenvalue weighted by atomic mass is 35.5. The molecule has 2 amide bonds. The number of nitrogen functional groups attached to an aromatic ring is 1. The molecule has 4 aromatic carbocycles. The molecular formula is C28H28ClN3O11S3. The zero-order valence-corrected chi connectivity index (χ0v) is 27.0. The van der Waals surface area contributed by atoms with E-state index < -0.39 is 40.9 Å². The normalized spacial score (nSPS) is 11.7. The maximum atomic E-state index is 12.3. The standard InChI is InChI=1S/C16H17ClN2O6S2.C12H11NO5S/c17-7-8-26(21,22)10-11-1-3-12(4-2-11)16(20)19-13-5-6-15(14(18)9-13)27(23,24)25;1-7(14)13-9-3-2-8-4-10(19(16,17)18)6-12(15)11(8)5-9/h1-6,9H,7-8,10,18H2,(H,19,20)(H,23,24,25);2-6,15H,1H3,(H,13,14)(H,16,17,18). The maximum Gasteiger partial charge on any atom is 0.296 e. The summed E-state index contributed by atoms with van der Waals surface area (Å²) in [5.41, 5.74) is 6.87. The van der Waals surface area contributed by atoms with Crippen molar-refractivity contribution in [1.82, 2.24) is 0 Å². The van der Waals surface area contributed by atoms with Crippen LogP contribution in [0.2, 0.25) is 0 Å². The van der Waals surface area contributed by atoms with Crippen LogP contribution in [0, 0.1) is 0 Å². The Morgan fingerprint density at radius 1 is 0.804 bits per heavy atom. The van der Waals surface area contributed by atoms with Gasteiger partial charge in [0, 0.05) is 41.2 Å². The molecule has 18 heteroatoms. The van der Waals surface area contributed by atoms with Gasteiger partial charge in [0.2, 0.25) is 5.91 Å². The Morgan fingerprint density at radius 2 is 1.41 bits per heavy atom. The molecule has 7 N–H and O–H groups in total. The van der Waals surface area contributed by atoms with Crippen LogP contribution >= 0.6 is 11.6 Å². The van der Waals surface area contributed by atoms with Crippen LogP contribution in [0.1, 0.15) is 22.8 Å². The van der Waals surface area contributed by atoms with Gasteiger partial charge in [0.15, 0.2) is 9.84 Å². The van der Waals surface area contributed by atoms with Gasteiger partial charge in [-0.2, -0.15) is 16.8 Å². The van der Waals surface area contributed by atoms with E-state index in [0.29, 0.717) is 22.0 Å². The Balaban J connectivity index is 0.000000266. The third-order valence-electron chi connectivity index (χ3n) is 6.06. The number of fused-ring (bicyclic) bond motifs is 1. The average Bonchev–Trinajstić information content (AvgIpc) is 2.92. The average molecular weight is 714 g/mol. The van der Waals surface area contributed by atoms with Crippen molar-refractivity contribution in [2.75, 3.05) is 28.0 Å². The molecule has 0 heterocycles. The van der Waals surface area contributed by atoms with Gasteiger partial charge in [0.05, 0.1) is 22.1 Å². The first-order valence-corrected chi connectivity index (χ1v) is 18.1. The minimum absolute atomic E-state index is 0.0162. The monoisotopic (exact) mass is 713 g/mol. The van der Waals surface area contributed by atoms with Crippen LogP contribution in [-0.4, -0.2) is 62.9 Å². The molecule has 0 bridgehead atoms. The summed E-state index contributed by atoms with van der Waals surface area (Å²) in [5, 5.41) is 15.7. The van der Waals surface area contributed by atoms with Crippen LogP contribution in [0.15, 0.2) is 82.6 Å². The van der Waals surface area contributed by atoms with E-state index >= 15 is 0 Å². The summed E-state index contributed by atoms with van der Waals surface area (Å²) in [6.45, 7) is 1.35. The minimum Gasteiger partial charge on any atom is -0.507 e. The largest absolute Gasteiger partial charge is 0.507 e. The van der Waals surface area contributed by atoms with E-state index in [1.165, 1.54) is 61.5 Å². The maximum absolute atomic E-state index is 12.3. The third kappa shape index (κ3) is 10.1. The number of hydrogen-bond acceptors (Lipinski definition) is 10. The Hall–Kier alpha value is -4.26. The van der Waals surface area contributed by atoms with Crippen LogP contribution in [0.5, 0.6) is 5.75 Å². The number of phenolic OH excluding ortho intramolecular Hbond substituents is 1. The summed E-state index contributed by atoms with van der Waals surface area (Å²) in [6, 6.07) is 16.4. The second-order valence-electron chi connectivity index (χ2n) is 9.69. The molecule has 0 atom stereocenters. The van der Waals surface area contributed by atoms with Gasteiger partial charge < -0.3 is 21.5 Å². The lowest BCUT2D eigenvalue weighted by atomic mass is 10.1. The molecule has 0 saturated carbocycles. The molecule has 0 unspecified atom stereocenters. The van der Waals surface area contributed by atoms with Crippen molar-refractivity contribution >= 4 is 81.3 Å². The fraction of sp³-hybridized carbons (Fsp3) is 0.143. The molecule has 246 valence electrons. The summed E-state index contributed by atoms with van der Waals surface area (Å²) in [5.74, 6) is -1.33. The van der Waals surface area contributed by atoms with Crippen molar-refractivity contribution in [3.05, 3.63) is 83.9 Å². The van der Waals surface area contributed by atoms with E-state index in [0.717, 1.165) is 12.1 Å². The Bertz CT molecular complexity index is 2120. The Kier molecular flexibility index (Phi) is 11.4. The fourth-order valence-corrected chi connectivity index (χ4v) is 6.92. The summed E-state index contributed by atoms with van der Waals surface area (Å²) in [7, 11) is -12.1. The van der Waals surface area contributed by atoms with Gasteiger partial charge in [-0.1, -0.05) is 18.2 Å². The zero-order valence-electron chi connectivity index (χ0n) is 23.8. The van der Waals surface area contributed by atoms with E-state index in [4.69, 9.17) is 26.4 Å². The van der Waals surface area contributed by atoms with E-state index in [1.807, 2.05) is 0 Å². The van der Waals surface area contributed by atoms with Crippen molar-refractivity contribution in [2.45, 2.75) is 22.5 Å². The highest BCUT2D eigenvalue weighted by Crippen LogP contribution is 2.31. The van der Waals surface area contributed by atoms with Gasteiger partial charge in [-0.25, -0.2) is 8.42 Å². The molecule has 0 saturated heterocycles. The van der Waals surface area contributed by atoms with E-state index in [-0.39, 0.29) is 50.9 Å². The van der Waals surface area contributed by atoms with E-state index in [9.17, 15) is 39.9 Å². The predicted molar refractivity (Wildman–Crippen MR) is 173 cm³/mol. The highest BCUT2D eigenvalue weighted by molar-refractivity contribution is 7.90. The van der Waals surface area contributed by atoms with Crippen molar-refractivity contribution in [3.63, 3.8) is 0 Å². The van der Waals surface area contributed by atoms with Crippen LogP contribution < -0.4 is 16.4 Å². The molecule has 0 aliphatic heterocycles. The first-order valence-electron chi connectivity index (χ1n) is 12.8. The van der Waals surface area contributed by atoms with Crippen LogP contribution in [0.3, 0.4) is 0 Å². The van der Waals surface area contributed by atoms with E-state index in [2.05, 4.69) is 10.6 Å². The number of sulfone groups is 1. The molecule has 0 spiro atoms. The van der Waals surface area contributed by atoms with Gasteiger partial charge in [-0.05, 0) is 59.5 Å². The van der Waals surface area contributed by atoms with Crippen LogP contribution in [0.4, 0.5) is 17.1 Å².